The number of aromatic amines is 1. The van der Waals surface area contributed by atoms with Crippen molar-refractivity contribution in [3.63, 3.8) is 0 Å². The number of hydrogen-bond acceptors (Lipinski definition) is 6. The van der Waals surface area contributed by atoms with Gasteiger partial charge in [0.25, 0.3) is 0 Å². The van der Waals surface area contributed by atoms with Crippen molar-refractivity contribution in [3.8, 4) is 11.5 Å². The molecule has 2 N–H and O–H groups in total. The summed E-state index contributed by atoms with van der Waals surface area (Å²) in [6.07, 6.45) is 4.62. The third-order valence-electron chi connectivity index (χ3n) is 6.26. The van der Waals surface area contributed by atoms with E-state index in [9.17, 15) is 0 Å². The third kappa shape index (κ3) is 5.05. The van der Waals surface area contributed by atoms with E-state index in [0.717, 1.165) is 57.5 Å². The maximum Gasteiger partial charge on any atom is 0.163 e. The van der Waals surface area contributed by atoms with Crippen LogP contribution < -0.4 is 19.7 Å². The second kappa shape index (κ2) is 10.2. The molecule has 3 aromatic heterocycles. The van der Waals surface area contributed by atoms with Crippen LogP contribution in [0.4, 0.5) is 17.1 Å². The highest BCUT2D eigenvalue weighted by atomic mass is 16.5. The molecule has 5 rings (SSSR count). The Kier molecular flexibility index (Phi) is 6.62. The average Bonchev–Trinajstić information content (AvgIpc) is 3.33. The van der Waals surface area contributed by atoms with E-state index in [-0.39, 0.29) is 0 Å². The summed E-state index contributed by atoms with van der Waals surface area (Å²) in [5, 5.41) is 5.66. The molecule has 7 nitrogen and oxygen atoms in total. The molecule has 184 valence electrons. The number of rotatable bonds is 9. The molecule has 0 fully saturated rings. The first kappa shape index (κ1) is 23.5. The van der Waals surface area contributed by atoms with E-state index in [1.807, 2.05) is 44.4 Å². The minimum atomic E-state index is 0.573. The molecule has 36 heavy (non-hydrogen) atoms. The second-order valence-electron chi connectivity index (χ2n) is 9.02. The quantitative estimate of drug-likeness (QED) is 0.238. The molecular weight excluding hydrogens is 450 g/mol. The molecule has 0 saturated heterocycles. The summed E-state index contributed by atoms with van der Waals surface area (Å²) in [6, 6.07) is 18.4. The first-order chi connectivity index (χ1) is 17.5. The highest BCUT2D eigenvalue weighted by Gasteiger charge is 2.12. The lowest BCUT2D eigenvalue weighted by atomic mass is 10.1. The molecule has 0 aliphatic heterocycles. The summed E-state index contributed by atoms with van der Waals surface area (Å²) in [5.41, 5.74) is 7.16. The van der Waals surface area contributed by atoms with Crippen molar-refractivity contribution in [1.29, 1.82) is 0 Å². The van der Waals surface area contributed by atoms with E-state index >= 15 is 0 Å². The van der Waals surface area contributed by atoms with Gasteiger partial charge in [-0.05, 0) is 68.8 Å². The van der Waals surface area contributed by atoms with Crippen molar-refractivity contribution in [2.75, 3.05) is 37.5 Å². The minimum absolute atomic E-state index is 0.573. The normalized spacial score (nSPS) is 11.1. The summed E-state index contributed by atoms with van der Waals surface area (Å²) < 4.78 is 11.8. The Morgan fingerprint density at radius 1 is 0.972 bits per heavy atom. The fourth-order valence-electron chi connectivity index (χ4n) is 4.47. The summed E-state index contributed by atoms with van der Waals surface area (Å²) in [6.45, 7) is 5.49. The molecule has 7 heteroatoms. The number of H-pyrrole nitrogens is 1. The van der Waals surface area contributed by atoms with Crippen molar-refractivity contribution in [1.82, 2.24) is 15.0 Å². The molecule has 0 saturated carbocycles. The highest BCUT2D eigenvalue weighted by molar-refractivity contribution is 5.95. The molecule has 0 unspecified atom stereocenters. The van der Waals surface area contributed by atoms with Gasteiger partial charge in [-0.25, -0.2) is 0 Å². The summed E-state index contributed by atoms with van der Waals surface area (Å²) in [7, 11) is 3.76. The molecule has 0 atom stereocenters. The number of methoxy groups -OCH3 is 1. The number of aryl methyl sites for hydroxylation is 2. The van der Waals surface area contributed by atoms with E-state index in [1.165, 1.54) is 5.69 Å². The average molecular weight is 482 g/mol. The first-order valence-electron chi connectivity index (χ1n) is 12.1. The number of pyridine rings is 2. The zero-order valence-corrected chi connectivity index (χ0v) is 21.1. The molecule has 0 bridgehead atoms. The Bertz CT molecular complexity index is 1490. The van der Waals surface area contributed by atoms with Crippen molar-refractivity contribution < 1.29 is 9.47 Å². The van der Waals surface area contributed by atoms with E-state index in [2.05, 4.69) is 68.6 Å². The van der Waals surface area contributed by atoms with Gasteiger partial charge in [0, 0.05) is 76.8 Å². The van der Waals surface area contributed by atoms with Gasteiger partial charge < -0.3 is 24.7 Å². The molecule has 5 aromatic rings. The molecule has 0 aliphatic carbocycles. The fourth-order valence-corrected chi connectivity index (χ4v) is 4.47. The minimum Gasteiger partial charge on any atom is -0.493 e. The Morgan fingerprint density at radius 3 is 2.61 bits per heavy atom. The van der Waals surface area contributed by atoms with Crippen molar-refractivity contribution in [2.45, 2.75) is 20.3 Å². The lowest BCUT2D eigenvalue weighted by Crippen LogP contribution is -2.20. The predicted molar refractivity (Wildman–Crippen MR) is 147 cm³/mol. The Balaban J connectivity index is 1.29. The molecule has 3 heterocycles. The summed E-state index contributed by atoms with van der Waals surface area (Å²) in [4.78, 5) is 14.5. The van der Waals surface area contributed by atoms with Gasteiger partial charge >= 0.3 is 0 Å². The lowest BCUT2D eigenvalue weighted by molar-refractivity contribution is 0.291. The standard InChI is InChI=1S/C29H31N5O2/c1-19-14-23(15-20(2)32-19)34(3)12-5-13-36-29-18-27-24(17-28(29)35-4)26(9-11-31-27)33-22-6-7-25-21(16-22)8-10-30-25/h6-11,14-18,30H,5,12-13H2,1-4H3,(H,31,33). The van der Waals surface area contributed by atoms with Gasteiger partial charge in [0.15, 0.2) is 11.5 Å². The maximum absolute atomic E-state index is 6.14. The third-order valence-corrected chi connectivity index (χ3v) is 6.26. The second-order valence-corrected chi connectivity index (χ2v) is 9.02. The van der Waals surface area contributed by atoms with Crippen LogP contribution in [0.5, 0.6) is 11.5 Å². The van der Waals surface area contributed by atoms with Gasteiger partial charge in [0.05, 0.1) is 19.2 Å². The van der Waals surface area contributed by atoms with Crippen molar-refractivity contribution in [3.05, 3.63) is 78.4 Å². The smallest absolute Gasteiger partial charge is 0.163 e. The maximum atomic E-state index is 6.14. The summed E-state index contributed by atoms with van der Waals surface area (Å²) in [5.74, 6) is 1.38. The van der Waals surface area contributed by atoms with E-state index in [1.54, 1.807) is 7.11 Å². The van der Waals surface area contributed by atoms with Crippen LogP contribution in [-0.4, -0.2) is 42.3 Å². The van der Waals surface area contributed by atoms with Gasteiger partial charge in [-0.15, -0.1) is 0 Å². The number of hydrogen-bond donors (Lipinski definition) is 2. The van der Waals surface area contributed by atoms with Crippen LogP contribution in [0.3, 0.4) is 0 Å². The number of benzene rings is 2. The number of nitrogens with one attached hydrogen (secondary N) is 2. The first-order valence-corrected chi connectivity index (χ1v) is 12.1. The fraction of sp³-hybridized carbons (Fsp3) is 0.241. The Hall–Kier alpha value is -4.26. The monoisotopic (exact) mass is 481 g/mol. The van der Waals surface area contributed by atoms with E-state index < -0.39 is 0 Å². The SMILES string of the molecule is COc1cc2c(Nc3ccc4[nH]ccc4c3)ccnc2cc1OCCCN(C)c1cc(C)nc(C)c1. The van der Waals surface area contributed by atoms with Crippen LogP contribution in [-0.2, 0) is 0 Å². The van der Waals surface area contributed by atoms with Crippen molar-refractivity contribution >= 4 is 38.9 Å². The van der Waals surface area contributed by atoms with Crippen LogP contribution in [0, 0.1) is 13.8 Å². The van der Waals surface area contributed by atoms with Crippen molar-refractivity contribution in [2.24, 2.45) is 0 Å². The topological polar surface area (TPSA) is 75.3 Å². The molecule has 0 amide bonds. The molecule has 2 aromatic carbocycles. The van der Waals surface area contributed by atoms with Crippen LogP contribution in [0.2, 0.25) is 0 Å². The summed E-state index contributed by atoms with van der Waals surface area (Å²) >= 11 is 0. The number of nitrogens with zero attached hydrogens (tertiary/aromatic N) is 3. The van der Waals surface area contributed by atoms with Crippen LogP contribution in [0.25, 0.3) is 21.8 Å². The van der Waals surface area contributed by atoms with Gasteiger partial charge in [-0.2, -0.15) is 0 Å². The van der Waals surface area contributed by atoms with Crippen LogP contribution in [0.1, 0.15) is 17.8 Å². The number of ether oxygens (including phenoxy) is 2. The molecular formula is C29H31N5O2. The predicted octanol–water partition coefficient (Wildman–Crippen LogP) is 6.39. The van der Waals surface area contributed by atoms with Gasteiger partial charge in [-0.3, -0.25) is 9.97 Å². The van der Waals surface area contributed by atoms with Gasteiger partial charge in [-0.1, -0.05) is 0 Å². The number of anilines is 3. The van der Waals surface area contributed by atoms with E-state index in [4.69, 9.17) is 9.47 Å². The molecule has 0 radical (unpaired) electrons. The largest absolute Gasteiger partial charge is 0.493 e. The zero-order valence-electron chi connectivity index (χ0n) is 21.1. The number of fused-ring (bicyclic) bond motifs is 2. The molecule has 0 spiro atoms. The number of aromatic nitrogens is 3. The highest BCUT2D eigenvalue weighted by Crippen LogP contribution is 2.36. The van der Waals surface area contributed by atoms with E-state index in [0.29, 0.717) is 18.1 Å². The van der Waals surface area contributed by atoms with Crippen LogP contribution in [0.15, 0.2) is 67.0 Å². The van der Waals surface area contributed by atoms with Gasteiger partial charge in [0.2, 0.25) is 0 Å². The Morgan fingerprint density at radius 2 is 1.81 bits per heavy atom. The zero-order chi connectivity index (χ0) is 25.1. The Labute approximate surface area is 211 Å². The van der Waals surface area contributed by atoms with Gasteiger partial charge in [0.1, 0.15) is 0 Å². The lowest BCUT2D eigenvalue weighted by Gasteiger charge is -2.20. The molecule has 0 aliphatic rings. The van der Waals surface area contributed by atoms with Crippen LogP contribution >= 0.6 is 0 Å².